The number of rotatable bonds is 2. The maximum absolute atomic E-state index is 13.3. The first kappa shape index (κ1) is 13.3. The van der Waals surface area contributed by atoms with Gasteiger partial charge in [-0.15, -0.1) is 0 Å². The molecule has 126 valence electrons. The predicted octanol–water partition coefficient (Wildman–Crippen LogP) is 3.05. The molecular formula is C20H22O3S. The van der Waals surface area contributed by atoms with Gasteiger partial charge in [0.05, 0.1) is 10.1 Å². The van der Waals surface area contributed by atoms with Gasteiger partial charge < -0.3 is 4.74 Å². The number of hydrogen-bond acceptors (Lipinski definition) is 3. The van der Waals surface area contributed by atoms with Crippen LogP contribution in [0.5, 0.6) is 0 Å². The molecule has 24 heavy (non-hydrogen) atoms. The van der Waals surface area contributed by atoms with Crippen LogP contribution in [-0.4, -0.2) is 24.9 Å². The van der Waals surface area contributed by atoms with Gasteiger partial charge in [-0.25, -0.2) is 8.42 Å². The van der Waals surface area contributed by atoms with E-state index in [2.05, 4.69) is 0 Å². The lowest BCUT2D eigenvalue weighted by Gasteiger charge is -2.46. The summed E-state index contributed by atoms with van der Waals surface area (Å²) in [5.74, 6) is 3.95. The summed E-state index contributed by atoms with van der Waals surface area (Å²) in [5.41, 5.74) is 0.0734. The Hall–Kier alpha value is -0.870. The third-order valence-corrected chi connectivity index (χ3v) is 11.1. The van der Waals surface area contributed by atoms with E-state index in [0.717, 1.165) is 30.6 Å². The Morgan fingerprint density at radius 2 is 1.58 bits per heavy atom. The van der Waals surface area contributed by atoms with Crippen molar-refractivity contribution >= 4 is 9.84 Å². The smallest absolute Gasteiger partial charge is 0.181 e. The molecule has 0 spiro atoms. The summed E-state index contributed by atoms with van der Waals surface area (Å²) in [6.07, 6.45) is 5.97. The molecular weight excluding hydrogens is 320 g/mol. The van der Waals surface area contributed by atoms with E-state index in [1.165, 1.54) is 19.3 Å². The van der Waals surface area contributed by atoms with Crippen molar-refractivity contribution in [3.8, 4) is 0 Å². The minimum Gasteiger partial charge on any atom is -0.361 e. The average Bonchev–Trinajstić information content (AvgIpc) is 3.48. The summed E-state index contributed by atoms with van der Waals surface area (Å²) in [6.45, 7) is 0. The van der Waals surface area contributed by atoms with Gasteiger partial charge in [-0.1, -0.05) is 18.2 Å². The fourth-order valence-electron chi connectivity index (χ4n) is 8.27. The van der Waals surface area contributed by atoms with Gasteiger partial charge >= 0.3 is 0 Å². The van der Waals surface area contributed by atoms with E-state index >= 15 is 0 Å². The summed E-state index contributed by atoms with van der Waals surface area (Å²) in [4.78, 5) is 0.510. The normalized spacial score (nSPS) is 58.1. The van der Waals surface area contributed by atoms with E-state index in [1.807, 2.05) is 18.2 Å². The van der Waals surface area contributed by atoms with Crippen LogP contribution in [0.3, 0.4) is 0 Å². The first-order valence-corrected chi connectivity index (χ1v) is 11.1. The summed E-state index contributed by atoms with van der Waals surface area (Å²) in [7, 11) is -3.24. The van der Waals surface area contributed by atoms with Crippen LogP contribution < -0.4 is 0 Å². The largest absolute Gasteiger partial charge is 0.361 e. The van der Waals surface area contributed by atoms with E-state index in [4.69, 9.17) is 4.74 Å². The van der Waals surface area contributed by atoms with Crippen LogP contribution in [0, 0.1) is 35.5 Å². The third-order valence-electron chi connectivity index (χ3n) is 8.85. The minimum absolute atomic E-state index is 0.0387. The molecule has 8 rings (SSSR count). The van der Waals surface area contributed by atoms with E-state index < -0.39 is 9.84 Å². The van der Waals surface area contributed by atoms with Crippen molar-refractivity contribution in [1.29, 1.82) is 0 Å². The van der Waals surface area contributed by atoms with Crippen LogP contribution in [-0.2, 0) is 14.6 Å². The Balaban J connectivity index is 1.34. The fraction of sp³-hybridized carbons (Fsp3) is 0.700. The maximum Gasteiger partial charge on any atom is 0.181 e. The highest BCUT2D eigenvalue weighted by Gasteiger charge is 2.94. The van der Waals surface area contributed by atoms with Crippen LogP contribution in [0.4, 0.5) is 0 Å². The lowest BCUT2D eigenvalue weighted by Crippen LogP contribution is -2.56. The molecule has 0 radical (unpaired) electrons. The minimum atomic E-state index is -3.24. The second-order valence-corrected chi connectivity index (χ2v) is 11.4. The molecule has 7 aliphatic rings. The number of benzene rings is 1. The topological polar surface area (TPSA) is 46.7 Å². The molecule has 0 amide bonds. The molecule has 1 aromatic carbocycles. The van der Waals surface area contributed by atoms with Gasteiger partial charge in [-0.2, -0.15) is 0 Å². The first-order valence-electron chi connectivity index (χ1n) is 9.60. The molecule has 0 N–H and O–H groups in total. The summed E-state index contributed by atoms with van der Waals surface area (Å²) < 4.78 is 33.3. The van der Waals surface area contributed by atoms with E-state index in [0.29, 0.717) is 16.7 Å². The van der Waals surface area contributed by atoms with Crippen LogP contribution in [0.2, 0.25) is 0 Å². The fourth-order valence-corrected chi connectivity index (χ4v) is 10.4. The van der Waals surface area contributed by atoms with Crippen molar-refractivity contribution < 1.29 is 13.2 Å². The summed E-state index contributed by atoms with van der Waals surface area (Å²) >= 11 is 0. The predicted molar refractivity (Wildman–Crippen MR) is 88.0 cm³/mol. The number of ether oxygens (including phenoxy) is 1. The highest BCUT2D eigenvalue weighted by Crippen LogP contribution is 2.87. The number of epoxide rings is 1. The Kier molecular flexibility index (Phi) is 2.02. The van der Waals surface area contributed by atoms with Crippen LogP contribution >= 0.6 is 0 Å². The van der Waals surface area contributed by atoms with E-state index in [-0.39, 0.29) is 22.4 Å². The van der Waals surface area contributed by atoms with Gasteiger partial charge in [-0.05, 0) is 73.8 Å². The standard InChI is InChI=1S/C20H22O3S/c21-24(22,12-4-2-1-3-5-12)18-9-11-8-17(18)20-16-7-6-15(13-10-14(13)16)19(11,20)23-20/h1-5,11,13-18H,6-10H2. The monoisotopic (exact) mass is 342 g/mol. The van der Waals surface area contributed by atoms with Crippen LogP contribution in [0.15, 0.2) is 35.2 Å². The SMILES string of the molecule is O=S(=O)(c1ccccc1)C1CC2CC1C13OC21C1CCC3C2CC21. The Bertz CT molecular complexity index is 864. The molecule has 4 bridgehead atoms. The van der Waals surface area contributed by atoms with Gasteiger partial charge in [0.15, 0.2) is 9.84 Å². The molecule has 1 aliphatic heterocycles. The second kappa shape index (κ2) is 3.64. The lowest BCUT2D eigenvalue weighted by molar-refractivity contribution is 0.0690. The Morgan fingerprint density at radius 3 is 2.33 bits per heavy atom. The Morgan fingerprint density at radius 1 is 0.875 bits per heavy atom. The van der Waals surface area contributed by atoms with Crippen LogP contribution in [0.25, 0.3) is 0 Å². The third kappa shape index (κ3) is 1.13. The van der Waals surface area contributed by atoms with Crippen LogP contribution in [0.1, 0.15) is 32.1 Å². The molecule has 0 aromatic heterocycles. The first-order chi connectivity index (χ1) is 11.6. The highest BCUT2D eigenvalue weighted by atomic mass is 32.2. The zero-order chi connectivity index (χ0) is 15.9. The molecule has 1 saturated heterocycles. The Labute approximate surface area is 142 Å². The van der Waals surface area contributed by atoms with E-state index in [1.54, 1.807) is 12.1 Å². The zero-order valence-corrected chi connectivity index (χ0v) is 14.4. The van der Waals surface area contributed by atoms with Crippen molar-refractivity contribution in [3.05, 3.63) is 30.3 Å². The van der Waals surface area contributed by atoms with E-state index in [9.17, 15) is 8.42 Å². The van der Waals surface area contributed by atoms with Gasteiger partial charge in [0, 0.05) is 5.92 Å². The van der Waals surface area contributed by atoms with Gasteiger partial charge in [0.25, 0.3) is 0 Å². The van der Waals surface area contributed by atoms with Crippen molar-refractivity contribution in [1.82, 2.24) is 0 Å². The molecule has 6 saturated carbocycles. The summed E-state index contributed by atoms with van der Waals surface area (Å²) in [5, 5.41) is -0.211. The molecule has 6 aliphatic carbocycles. The van der Waals surface area contributed by atoms with Crippen molar-refractivity contribution in [2.75, 3.05) is 0 Å². The average molecular weight is 342 g/mol. The molecule has 9 unspecified atom stereocenters. The number of sulfone groups is 1. The molecule has 3 nitrogen and oxygen atoms in total. The molecule has 4 heteroatoms. The van der Waals surface area contributed by atoms with Gasteiger partial charge in [-0.3, -0.25) is 0 Å². The van der Waals surface area contributed by atoms with Crippen molar-refractivity contribution in [2.24, 2.45) is 35.5 Å². The number of fused-ring (bicyclic) bond motifs is 3. The maximum atomic E-state index is 13.3. The molecule has 9 atom stereocenters. The van der Waals surface area contributed by atoms with Crippen molar-refractivity contribution in [3.63, 3.8) is 0 Å². The number of hydrogen-bond donors (Lipinski definition) is 0. The molecule has 1 heterocycles. The van der Waals surface area contributed by atoms with Gasteiger partial charge in [0.1, 0.15) is 11.2 Å². The van der Waals surface area contributed by atoms with Crippen molar-refractivity contribution in [2.45, 2.75) is 53.5 Å². The summed E-state index contributed by atoms with van der Waals surface area (Å²) in [6, 6.07) is 9.11. The second-order valence-electron chi connectivity index (χ2n) is 9.21. The molecule has 7 fully saturated rings. The molecule has 1 aromatic rings. The van der Waals surface area contributed by atoms with Gasteiger partial charge in [0.2, 0.25) is 0 Å². The zero-order valence-electron chi connectivity index (χ0n) is 13.6. The highest BCUT2D eigenvalue weighted by molar-refractivity contribution is 7.92. The quantitative estimate of drug-likeness (QED) is 0.776. The lowest BCUT2D eigenvalue weighted by atomic mass is 9.54.